The van der Waals surface area contributed by atoms with E-state index in [1.54, 1.807) is 33.0 Å². The van der Waals surface area contributed by atoms with Crippen molar-refractivity contribution in [1.29, 1.82) is 0 Å². The zero-order chi connectivity index (χ0) is 36.1. The Morgan fingerprint density at radius 3 is 2.36 bits per heavy atom. The number of benzene rings is 3. The number of nitrogens with zero attached hydrogens (tertiary/aromatic N) is 2. The van der Waals surface area contributed by atoms with Crippen molar-refractivity contribution in [2.24, 2.45) is 5.92 Å². The third kappa shape index (κ3) is 6.73. The molecule has 6 rings (SSSR count). The molecular formula is C40H47F3N2O4S. The van der Waals surface area contributed by atoms with E-state index < -0.39 is 43.9 Å². The number of sulfonamides is 1. The van der Waals surface area contributed by atoms with E-state index in [4.69, 9.17) is 0 Å². The molecule has 1 N–H and O–H groups in total. The molecule has 6 nitrogen and oxygen atoms in total. The molecule has 1 saturated carbocycles. The number of carbonyl (C=O) groups is 1. The number of aliphatic hydroxyl groups is 1. The van der Waals surface area contributed by atoms with Crippen LogP contribution in [0.3, 0.4) is 0 Å². The molecular weight excluding hydrogens is 662 g/mol. The third-order valence-corrected chi connectivity index (χ3v) is 13.7. The van der Waals surface area contributed by atoms with Gasteiger partial charge in [-0.15, -0.1) is 0 Å². The summed E-state index contributed by atoms with van der Waals surface area (Å²) in [5, 5.41) is 12.7. The number of ketones is 1. The molecule has 1 fully saturated rings. The maximum absolute atomic E-state index is 14.3. The molecule has 0 radical (unpaired) electrons. The van der Waals surface area contributed by atoms with Crippen molar-refractivity contribution in [3.05, 3.63) is 101 Å². The number of alkyl halides is 3. The first-order valence-electron chi connectivity index (χ1n) is 17.6. The van der Waals surface area contributed by atoms with Crippen LogP contribution in [0.2, 0.25) is 0 Å². The van der Waals surface area contributed by atoms with E-state index in [9.17, 15) is 31.5 Å². The minimum atomic E-state index is -4.44. The highest BCUT2D eigenvalue weighted by molar-refractivity contribution is 7.94. The number of aliphatic hydroxyl groups excluding tert-OH is 1. The molecule has 2 aliphatic rings. The molecule has 0 spiro atoms. The van der Waals surface area contributed by atoms with Crippen LogP contribution in [0.15, 0.2) is 72.9 Å². The second-order valence-electron chi connectivity index (χ2n) is 15.0. The minimum Gasteiger partial charge on any atom is -0.393 e. The van der Waals surface area contributed by atoms with Gasteiger partial charge in [0.05, 0.1) is 22.9 Å². The Morgan fingerprint density at radius 2 is 1.70 bits per heavy atom. The molecule has 1 aliphatic heterocycles. The first kappa shape index (κ1) is 36.2. The summed E-state index contributed by atoms with van der Waals surface area (Å²) >= 11 is 0. The number of anilines is 1. The summed E-state index contributed by atoms with van der Waals surface area (Å²) in [6.07, 6.45) is 2.01. The summed E-state index contributed by atoms with van der Waals surface area (Å²) in [6.45, 7) is 5.75. The Balaban J connectivity index is 1.31. The molecule has 0 unspecified atom stereocenters. The van der Waals surface area contributed by atoms with Crippen LogP contribution in [0.25, 0.3) is 10.9 Å². The van der Waals surface area contributed by atoms with Gasteiger partial charge in [-0.3, -0.25) is 9.10 Å². The van der Waals surface area contributed by atoms with Gasteiger partial charge in [0, 0.05) is 37.2 Å². The number of hydrogen-bond donors (Lipinski definition) is 1. The number of carbonyl (C=O) groups excluding carboxylic acids is 1. The first-order valence-corrected chi connectivity index (χ1v) is 19.1. The molecule has 2 atom stereocenters. The van der Waals surface area contributed by atoms with Crippen LogP contribution < -0.4 is 4.31 Å². The van der Waals surface area contributed by atoms with E-state index in [1.165, 1.54) is 16.4 Å². The fourth-order valence-electron chi connectivity index (χ4n) is 8.32. The van der Waals surface area contributed by atoms with Crippen LogP contribution in [-0.4, -0.2) is 41.8 Å². The van der Waals surface area contributed by atoms with E-state index in [-0.39, 0.29) is 18.7 Å². The zero-order valence-corrected chi connectivity index (χ0v) is 30.1. The second kappa shape index (κ2) is 13.5. The number of aromatic nitrogens is 1. The SMILES string of the molecule is CCc1cn2c3c(cc(C(=O)C[C@@H](Cc4ccccc4)[C@H](O)CCC4(c5cccc(C(F)(F)F)c5)CCCC4)cc13)N(C)S(=O)(=O)C(C)(C)C2. The molecule has 0 bridgehead atoms. The van der Waals surface area contributed by atoms with E-state index >= 15 is 0 Å². The highest BCUT2D eigenvalue weighted by Gasteiger charge is 2.43. The van der Waals surface area contributed by atoms with Gasteiger partial charge in [0.2, 0.25) is 10.0 Å². The van der Waals surface area contributed by atoms with Crippen molar-refractivity contribution in [2.75, 3.05) is 11.4 Å². The lowest BCUT2D eigenvalue weighted by molar-refractivity contribution is -0.137. The predicted octanol–water partition coefficient (Wildman–Crippen LogP) is 8.87. The molecule has 268 valence electrons. The van der Waals surface area contributed by atoms with Gasteiger partial charge in [0.1, 0.15) is 4.75 Å². The predicted molar refractivity (Wildman–Crippen MR) is 192 cm³/mol. The second-order valence-corrected chi connectivity index (χ2v) is 17.6. The van der Waals surface area contributed by atoms with Crippen molar-refractivity contribution in [1.82, 2.24) is 4.57 Å². The summed E-state index contributed by atoms with van der Waals surface area (Å²) in [5.41, 5.74) is 3.16. The van der Waals surface area contributed by atoms with Gasteiger partial charge in [-0.05, 0) is 98.6 Å². The van der Waals surface area contributed by atoms with Gasteiger partial charge in [-0.1, -0.05) is 68.3 Å². The van der Waals surface area contributed by atoms with Crippen molar-refractivity contribution in [3.8, 4) is 0 Å². The Hall–Kier alpha value is -3.63. The average molecular weight is 709 g/mol. The zero-order valence-electron chi connectivity index (χ0n) is 29.3. The Kier molecular flexibility index (Phi) is 9.76. The Morgan fingerprint density at radius 1 is 1.00 bits per heavy atom. The minimum absolute atomic E-state index is 0.0295. The largest absolute Gasteiger partial charge is 0.416 e. The Bertz CT molecular complexity index is 1980. The summed E-state index contributed by atoms with van der Waals surface area (Å²) in [7, 11) is -2.21. The molecule has 0 saturated heterocycles. The molecule has 1 aliphatic carbocycles. The number of rotatable bonds is 11. The summed E-state index contributed by atoms with van der Waals surface area (Å²) < 4.78 is 70.6. The van der Waals surface area contributed by atoms with Gasteiger partial charge in [0.25, 0.3) is 0 Å². The van der Waals surface area contributed by atoms with Gasteiger partial charge >= 0.3 is 6.18 Å². The van der Waals surface area contributed by atoms with Crippen LogP contribution in [0, 0.1) is 5.92 Å². The molecule has 3 aromatic carbocycles. The number of aryl methyl sites for hydroxylation is 1. The van der Waals surface area contributed by atoms with Crippen LogP contribution in [0.4, 0.5) is 18.9 Å². The molecule has 2 heterocycles. The fraction of sp³-hybridized carbons (Fsp3) is 0.475. The quantitative estimate of drug-likeness (QED) is 0.158. The van der Waals surface area contributed by atoms with Crippen molar-refractivity contribution in [2.45, 2.75) is 108 Å². The molecule has 0 amide bonds. The lowest BCUT2D eigenvalue weighted by atomic mass is 9.73. The standard InChI is InChI=1S/C40H47F3N2O4S/c1-5-28-25-45-26-38(2,3)50(48,49)44(4)34-22-30(21-33(28)37(34)45)36(47)23-29(20-27-12-7-6-8-13-27)35(46)16-19-39(17-9-10-18-39)31-14-11-15-32(24-31)40(41,42)43/h6-8,11-15,21-22,24-25,29,35,46H,5,9-10,16-20,23,26H2,1-4H3/t29-,35-/m1/s1. The van der Waals surface area contributed by atoms with Crippen molar-refractivity contribution >= 4 is 32.4 Å². The average Bonchev–Trinajstić information content (AvgIpc) is 3.70. The summed E-state index contributed by atoms with van der Waals surface area (Å²) in [6, 6.07) is 18.8. The van der Waals surface area contributed by atoms with Crippen molar-refractivity contribution < 1.29 is 31.5 Å². The topological polar surface area (TPSA) is 79.6 Å². The van der Waals surface area contributed by atoms with Gasteiger partial charge in [0.15, 0.2) is 5.78 Å². The normalized spacial score (nSPS) is 19.3. The monoisotopic (exact) mass is 708 g/mol. The third-order valence-electron chi connectivity index (χ3n) is 11.3. The number of halogens is 3. The van der Waals surface area contributed by atoms with Crippen LogP contribution in [0.1, 0.15) is 98.3 Å². The van der Waals surface area contributed by atoms with E-state index in [1.807, 2.05) is 54.1 Å². The summed E-state index contributed by atoms with van der Waals surface area (Å²) in [5.74, 6) is -0.656. The first-order chi connectivity index (χ1) is 23.6. The maximum atomic E-state index is 14.3. The molecule has 1 aromatic heterocycles. The van der Waals surface area contributed by atoms with Gasteiger partial charge in [-0.25, -0.2) is 8.42 Å². The fourth-order valence-corrected chi connectivity index (χ4v) is 9.77. The highest BCUT2D eigenvalue weighted by atomic mass is 32.2. The van der Waals surface area contributed by atoms with E-state index in [0.29, 0.717) is 42.5 Å². The van der Waals surface area contributed by atoms with Crippen LogP contribution >= 0.6 is 0 Å². The maximum Gasteiger partial charge on any atom is 0.416 e. The molecule has 4 aromatic rings. The lowest BCUT2D eigenvalue weighted by Gasteiger charge is -2.33. The van der Waals surface area contributed by atoms with Crippen LogP contribution in [-0.2, 0) is 41.0 Å². The smallest absolute Gasteiger partial charge is 0.393 e. The molecule has 10 heteroatoms. The Labute approximate surface area is 293 Å². The van der Waals surface area contributed by atoms with Crippen LogP contribution in [0.5, 0.6) is 0 Å². The van der Waals surface area contributed by atoms with E-state index in [2.05, 4.69) is 0 Å². The van der Waals surface area contributed by atoms with Gasteiger partial charge < -0.3 is 9.67 Å². The summed E-state index contributed by atoms with van der Waals surface area (Å²) in [4.78, 5) is 14.3. The van der Waals surface area contributed by atoms with Crippen molar-refractivity contribution in [3.63, 3.8) is 0 Å². The molecule has 50 heavy (non-hydrogen) atoms. The number of Topliss-reactive ketones (excluding diaryl/α,β-unsaturated/α-hetero) is 1. The van der Waals surface area contributed by atoms with Gasteiger partial charge in [-0.2, -0.15) is 13.2 Å². The number of hydrogen-bond acceptors (Lipinski definition) is 4. The highest BCUT2D eigenvalue weighted by Crippen LogP contribution is 2.47. The lowest BCUT2D eigenvalue weighted by Crippen LogP contribution is -2.44. The van der Waals surface area contributed by atoms with E-state index in [0.717, 1.165) is 53.8 Å².